The van der Waals surface area contributed by atoms with Gasteiger partial charge in [0.15, 0.2) is 17.5 Å². The zero-order chi connectivity index (χ0) is 35.7. The molecular weight excluding hydrogens is 655 g/mol. The predicted octanol–water partition coefficient (Wildman–Crippen LogP) is 13.0. The Hall–Kier alpha value is -5.67. The van der Waals surface area contributed by atoms with Crippen molar-refractivity contribution in [1.82, 2.24) is 15.0 Å². The van der Waals surface area contributed by atoms with E-state index in [9.17, 15) is 0 Å². The molecule has 0 unspecified atom stereocenters. The van der Waals surface area contributed by atoms with Gasteiger partial charge >= 0.3 is 0 Å². The van der Waals surface area contributed by atoms with Gasteiger partial charge in [0.05, 0.1) is 0 Å². The molecule has 2 spiro atoms. The maximum absolute atomic E-state index is 5.05. The third-order valence-electron chi connectivity index (χ3n) is 13.3. The van der Waals surface area contributed by atoms with Crippen molar-refractivity contribution >= 4 is 0 Å². The molecule has 3 heteroatoms. The molecule has 262 valence electrons. The van der Waals surface area contributed by atoms with Crippen LogP contribution >= 0.6 is 0 Å². The van der Waals surface area contributed by atoms with Crippen LogP contribution in [0.15, 0.2) is 140 Å². The summed E-state index contributed by atoms with van der Waals surface area (Å²) < 4.78 is 0. The fourth-order valence-corrected chi connectivity index (χ4v) is 10.8. The quantitative estimate of drug-likeness (QED) is 0.184. The van der Waals surface area contributed by atoms with Crippen molar-refractivity contribution < 1.29 is 0 Å². The number of nitrogens with zero attached hydrogens (tertiary/aromatic N) is 3. The third-order valence-corrected chi connectivity index (χ3v) is 13.3. The van der Waals surface area contributed by atoms with Crippen molar-refractivity contribution in [1.29, 1.82) is 0 Å². The first kappa shape index (κ1) is 31.8. The van der Waals surface area contributed by atoms with Crippen LogP contribution in [0.3, 0.4) is 0 Å². The Labute approximate surface area is 318 Å². The molecule has 0 N–H and O–H groups in total. The third kappa shape index (κ3) is 4.83. The lowest BCUT2D eigenvalue weighted by atomic mass is 9.66. The first-order valence-electron chi connectivity index (χ1n) is 20.1. The summed E-state index contributed by atoms with van der Waals surface area (Å²) in [7, 11) is 0. The van der Waals surface area contributed by atoms with Crippen molar-refractivity contribution in [2.75, 3.05) is 0 Å². The molecule has 4 aliphatic carbocycles. The fraction of sp³-hybridized carbons (Fsp3) is 0.235. The zero-order valence-corrected chi connectivity index (χ0v) is 30.7. The van der Waals surface area contributed by atoms with E-state index >= 15 is 0 Å². The highest BCUT2D eigenvalue weighted by Crippen LogP contribution is 2.62. The first-order valence-corrected chi connectivity index (χ1v) is 20.1. The minimum atomic E-state index is 0.0617. The minimum Gasteiger partial charge on any atom is -0.208 e. The predicted molar refractivity (Wildman–Crippen MR) is 220 cm³/mol. The van der Waals surface area contributed by atoms with Gasteiger partial charge in [-0.05, 0) is 106 Å². The normalized spacial score (nSPS) is 17.2. The molecule has 6 aromatic carbocycles. The van der Waals surface area contributed by atoms with Crippen LogP contribution in [0.25, 0.3) is 67.5 Å². The van der Waals surface area contributed by atoms with Crippen LogP contribution in [-0.4, -0.2) is 15.0 Å². The fourth-order valence-electron chi connectivity index (χ4n) is 10.8. The van der Waals surface area contributed by atoms with Gasteiger partial charge in [0.1, 0.15) is 0 Å². The Balaban J connectivity index is 1.04. The van der Waals surface area contributed by atoms with Gasteiger partial charge in [0, 0.05) is 27.5 Å². The van der Waals surface area contributed by atoms with E-state index < -0.39 is 0 Å². The van der Waals surface area contributed by atoms with E-state index in [1.165, 1.54) is 103 Å². The summed E-state index contributed by atoms with van der Waals surface area (Å²) >= 11 is 0. The second-order valence-corrected chi connectivity index (χ2v) is 16.2. The molecule has 1 aromatic heterocycles. The molecule has 11 rings (SSSR count). The van der Waals surface area contributed by atoms with Gasteiger partial charge in [-0.25, -0.2) is 15.0 Å². The monoisotopic (exact) mass is 697 g/mol. The summed E-state index contributed by atoms with van der Waals surface area (Å²) in [4.78, 5) is 15.0. The largest absolute Gasteiger partial charge is 0.208 e. The van der Waals surface area contributed by atoms with Crippen LogP contribution in [0.1, 0.15) is 86.5 Å². The van der Waals surface area contributed by atoms with Gasteiger partial charge < -0.3 is 0 Å². The van der Waals surface area contributed by atoms with E-state index in [1.54, 1.807) is 16.7 Å². The Kier molecular flexibility index (Phi) is 7.34. The lowest BCUT2D eigenvalue weighted by Crippen LogP contribution is -2.29. The molecule has 0 amide bonds. The number of fused-ring (bicyclic) bond motifs is 10. The van der Waals surface area contributed by atoms with E-state index in [1.807, 2.05) is 36.4 Å². The van der Waals surface area contributed by atoms with Gasteiger partial charge in [-0.3, -0.25) is 0 Å². The van der Waals surface area contributed by atoms with E-state index in [-0.39, 0.29) is 10.8 Å². The van der Waals surface area contributed by atoms with Crippen LogP contribution in [-0.2, 0) is 10.8 Å². The molecule has 2 fully saturated rings. The Morgan fingerprint density at radius 1 is 0.296 bits per heavy atom. The Morgan fingerprint density at radius 3 is 1.35 bits per heavy atom. The second kappa shape index (κ2) is 12.5. The topological polar surface area (TPSA) is 38.7 Å². The van der Waals surface area contributed by atoms with Crippen molar-refractivity contribution in [3.8, 4) is 67.5 Å². The Morgan fingerprint density at radius 2 is 0.741 bits per heavy atom. The van der Waals surface area contributed by atoms with E-state index in [2.05, 4.69) is 103 Å². The van der Waals surface area contributed by atoms with Gasteiger partial charge in [-0.15, -0.1) is 0 Å². The summed E-state index contributed by atoms with van der Waals surface area (Å²) in [6.07, 6.45) is 12.9. The molecule has 0 bridgehead atoms. The molecule has 54 heavy (non-hydrogen) atoms. The first-order chi connectivity index (χ1) is 26.7. The Bertz CT molecular complexity index is 2500. The van der Waals surface area contributed by atoms with E-state index in [0.29, 0.717) is 17.5 Å². The van der Waals surface area contributed by atoms with Crippen LogP contribution in [0.2, 0.25) is 0 Å². The van der Waals surface area contributed by atoms with Crippen LogP contribution in [0.5, 0.6) is 0 Å². The molecular formula is C51H43N3. The van der Waals surface area contributed by atoms with Crippen molar-refractivity contribution in [2.24, 2.45) is 0 Å². The summed E-state index contributed by atoms with van der Waals surface area (Å²) in [5, 5.41) is 0. The maximum Gasteiger partial charge on any atom is 0.164 e. The zero-order valence-electron chi connectivity index (χ0n) is 30.7. The van der Waals surface area contributed by atoms with Gasteiger partial charge in [-0.2, -0.15) is 0 Å². The summed E-state index contributed by atoms with van der Waals surface area (Å²) in [6, 6.07) is 51.4. The molecule has 0 saturated heterocycles. The molecule has 1 heterocycles. The van der Waals surface area contributed by atoms with Crippen molar-refractivity contribution in [2.45, 2.75) is 75.0 Å². The molecule has 0 aliphatic heterocycles. The van der Waals surface area contributed by atoms with Crippen molar-refractivity contribution in [3.63, 3.8) is 0 Å². The van der Waals surface area contributed by atoms with Gasteiger partial charge in [0.2, 0.25) is 0 Å². The summed E-state index contributed by atoms with van der Waals surface area (Å²) in [5.41, 5.74) is 17.9. The minimum absolute atomic E-state index is 0.0617. The standard InChI is InChI=1S/C51H43N3/c1-5-16-34(17-6-1)47-52-48(35-18-7-2-8-19-35)54-49(53-47)38-21-15-20-36(30-38)37-24-25-40-42-33-45-41(32-46(42)51(44(40)31-37)28-13-4-14-29-51)39-22-9-10-23-43(39)50(45)26-11-3-12-27-50/h1-2,5-10,15-25,30-33H,3-4,11-14,26-29H2. The highest BCUT2D eigenvalue weighted by molar-refractivity contribution is 5.91. The molecule has 7 aromatic rings. The van der Waals surface area contributed by atoms with E-state index in [0.717, 1.165) is 16.7 Å². The highest BCUT2D eigenvalue weighted by atomic mass is 15.0. The van der Waals surface area contributed by atoms with Crippen LogP contribution in [0.4, 0.5) is 0 Å². The number of aromatic nitrogens is 3. The summed E-state index contributed by atoms with van der Waals surface area (Å²) in [6.45, 7) is 0. The van der Waals surface area contributed by atoms with Crippen LogP contribution in [0, 0.1) is 0 Å². The molecule has 4 aliphatic rings. The SMILES string of the molecule is c1ccc(-c2nc(-c3ccccc3)nc(-c3cccc(-c4ccc5c(c4)C4(CCCCC4)c4cc6c(cc4-5)C4(CCCCC4)c4ccccc4-6)c3)n2)cc1. The second-order valence-electron chi connectivity index (χ2n) is 16.2. The van der Waals surface area contributed by atoms with Gasteiger partial charge in [-0.1, -0.05) is 154 Å². The molecule has 0 radical (unpaired) electrons. The number of benzene rings is 6. The molecule has 3 nitrogen and oxygen atoms in total. The maximum atomic E-state index is 5.05. The van der Waals surface area contributed by atoms with Gasteiger partial charge in [0.25, 0.3) is 0 Å². The number of hydrogen-bond donors (Lipinski definition) is 0. The van der Waals surface area contributed by atoms with Crippen LogP contribution < -0.4 is 0 Å². The van der Waals surface area contributed by atoms with Crippen molar-refractivity contribution in [3.05, 3.63) is 162 Å². The number of hydrogen-bond acceptors (Lipinski definition) is 3. The number of rotatable bonds is 4. The summed E-state index contributed by atoms with van der Waals surface area (Å²) in [5.74, 6) is 2.06. The average molecular weight is 698 g/mol. The molecule has 0 atom stereocenters. The average Bonchev–Trinajstić information content (AvgIpc) is 3.66. The highest BCUT2D eigenvalue weighted by Gasteiger charge is 2.48. The lowest BCUT2D eigenvalue weighted by Gasteiger charge is -2.37. The molecule has 2 saturated carbocycles. The lowest BCUT2D eigenvalue weighted by molar-refractivity contribution is 0.350. The van der Waals surface area contributed by atoms with E-state index in [4.69, 9.17) is 15.0 Å². The smallest absolute Gasteiger partial charge is 0.164 e.